The number of thiophene rings is 1. The van der Waals surface area contributed by atoms with E-state index in [1.165, 1.54) is 22.2 Å². The lowest BCUT2D eigenvalue weighted by atomic mass is 9.78. The molecular formula is C18H24N4O2S. The van der Waals surface area contributed by atoms with Gasteiger partial charge in [-0.05, 0) is 51.6 Å². The maximum atomic E-state index is 13.4. The lowest BCUT2D eigenvalue weighted by molar-refractivity contribution is 0.0257. The summed E-state index contributed by atoms with van der Waals surface area (Å²) in [5, 5.41) is 4.22. The second kappa shape index (κ2) is 5.92. The van der Waals surface area contributed by atoms with Crippen LogP contribution in [0.4, 0.5) is 0 Å². The zero-order valence-electron chi connectivity index (χ0n) is 15.0. The van der Waals surface area contributed by atoms with E-state index < -0.39 is 0 Å². The fourth-order valence-electron chi connectivity index (χ4n) is 4.42. The molecule has 0 aromatic carbocycles. The smallest absolute Gasteiger partial charge is 0.264 e. The van der Waals surface area contributed by atoms with Gasteiger partial charge in [0.15, 0.2) is 0 Å². The third kappa shape index (κ3) is 2.52. The fraction of sp³-hybridized carbons (Fsp3) is 0.611. The van der Waals surface area contributed by atoms with Gasteiger partial charge in [-0.25, -0.2) is 4.98 Å². The molecule has 4 rings (SSSR count). The van der Waals surface area contributed by atoms with Gasteiger partial charge >= 0.3 is 0 Å². The molecule has 7 heteroatoms. The molecule has 6 nitrogen and oxygen atoms in total. The Labute approximate surface area is 150 Å². The van der Waals surface area contributed by atoms with Crippen LogP contribution in [0.5, 0.6) is 0 Å². The summed E-state index contributed by atoms with van der Waals surface area (Å²) in [5.41, 5.74) is 0.695. The Kier molecular flexibility index (Phi) is 3.96. The standard InChI is InChI=1S/C18H24N4O2S/c1-11-13-15(19-10-21(3)16(13)23)25-14(11)17(24)22-9-5-7-18(2)12(22)6-4-8-20-18/h10,12,20H,4-9H2,1-3H3/t12-,18+/m1/s1. The Balaban J connectivity index is 1.76. The number of hydrogen-bond donors (Lipinski definition) is 1. The van der Waals surface area contributed by atoms with Crippen molar-refractivity contribution in [3.05, 3.63) is 27.1 Å². The van der Waals surface area contributed by atoms with Gasteiger partial charge in [-0.2, -0.15) is 0 Å². The monoisotopic (exact) mass is 360 g/mol. The van der Waals surface area contributed by atoms with E-state index >= 15 is 0 Å². The zero-order chi connectivity index (χ0) is 17.8. The highest BCUT2D eigenvalue weighted by Crippen LogP contribution is 2.36. The molecule has 2 saturated heterocycles. The number of carbonyl (C=O) groups excluding carboxylic acids is 1. The van der Waals surface area contributed by atoms with E-state index in [2.05, 4.69) is 17.2 Å². The summed E-state index contributed by atoms with van der Waals surface area (Å²) in [6.07, 6.45) is 5.78. The summed E-state index contributed by atoms with van der Waals surface area (Å²) in [4.78, 5) is 33.5. The first-order valence-electron chi connectivity index (χ1n) is 8.93. The average molecular weight is 360 g/mol. The molecule has 0 bridgehead atoms. The topological polar surface area (TPSA) is 67.2 Å². The van der Waals surface area contributed by atoms with Crippen LogP contribution in [0.15, 0.2) is 11.1 Å². The Bertz CT molecular complexity index is 898. The number of likely N-dealkylation sites (tertiary alicyclic amines) is 1. The van der Waals surface area contributed by atoms with Gasteiger partial charge in [0.05, 0.1) is 16.6 Å². The Morgan fingerprint density at radius 1 is 1.44 bits per heavy atom. The number of nitrogens with zero attached hydrogens (tertiary/aromatic N) is 3. The Hall–Kier alpha value is -1.73. The van der Waals surface area contributed by atoms with Crippen molar-refractivity contribution in [1.29, 1.82) is 0 Å². The number of fused-ring (bicyclic) bond motifs is 2. The fourth-order valence-corrected chi connectivity index (χ4v) is 5.51. The molecule has 2 aliphatic rings. The zero-order valence-corrected chi connectivity index (χ0v) is 15.8. The summed E-state index contributed by atoms with van der Waals surface area (Å²) in [6.45, 7) is 5.93. The van der Waals surface area contributed by atoms with E-state index in [9.17, 15) is 9.59 Å². The number of rotatable bonds is 1. The molecule has 0 radical (unpaired) electrons. The average Bonchev–Trinajstić information content (AvgIpc) is 2.93. The van der Waals surface area contributed by atoms with Crippen LogP contribution in [-0.2, 0) is 7.05 Å². The highest BCUT2D eigenvalue weighted by atomic mass is 32.1. The van der Waals surface area contributed by atoms with Crippen LogP contribution in [-0.4, -0.2) is 45.0 Å². The number of carbonyl (C=O) groups is 1. The number of amides is 1. The molecule has 1 N–H and O–H groups in total. The molecule has 2 aliphatic heterocycles. The minimum atomic E-state index is -0.0828. The van der Waals surface area contributed by atoms with Crippen LogP contribution in [0.1, 0.15) is 47.8 Å². The van der Waals surface area contributed by atoms with E-state index in [1.807, 2.05) is 11.8 Å². The maximum absolute atomic E-state index is 13.4. The SMILES string of the molecule is Cc1c(C(=O)N2CCC[C@]3(C)NCCC[C@@H]23)sc2ncn(C)c(=O)c12. The molecule has 2 aromatic rings. The molecule has 0 saturated carbocycles. The number of aromatic nitrogens is 2. The molecule has 0 aliphatic carbocycles. The van der Waals surface area contributed by atoms with Gasteiger partial charge < -0.3 is 14.8 Å². The summed E-state index contributed by atoms with van der Waals surface area (Å²) < 4.78 is 1.47. The summed E-state index contributed by atoms with van der Waals surface area (Å²) in [5.74, 6) is 0.0576. The minimum Gasteiger partial charge on any atom is -0.333 e. The van der Waals surface area contributed by atoms with E-state index in [4.69, 9.17) is 0 Å². The molecule has 0 spiro atoms. The maximum Gasteiger partial charge on any atom is 0.264 e. The van der Waals surface area contributed by atoms with Gasteiger partial charge in [-0.3, -0.25) is 9.59 Å². The van der Waals surface area contributed by atoms with Crippen LogP contribution >= 0.6 is 11.3 Å². The first-order valence-corrected chi connectivity index (χ1v) is 9.75. The molecule has 2 fully saturated rings. The number of piperidine rings is 2. The van der Waals surface area contributed by atoms with Crippen LogP contribution < -0.4 is 10.9 Å². The van der Waals surface area contributed by atoms with Crippen LogP contribution in [0.3, 0.4) is 0 Å². The minimum absolute atomic E-state index is 0.00509. The quantitative estimate of drug-likeness (QED) is 0.845. The lowest BCUT2D eigenvalue weighted by Crippen LogP contribution is -2.65. The molecule has 2 atom stereocenters. The Morgan fingerprint density at radius 3 is 3.04 bits per heavy atom. The van der Waals surface area contributed by atoms with Crippen LogP contribution in [0, 0.1) is 6.92 Å². The second-order valence-corrected chi connectivity index (χ2v) is 8.50. The molecule has 2 aromatic heterocycles. The predicted molar refractivity (Wildman–Crippen MR) is 99.3 cm³/mol. The van der Waals surface area contributed by atoms with E-state index in [1.54, 1.807) is 7.05 Å². The normalized spacial score (nSPS) is 26.7. The van der Waals surface area contributed by atoms with Crippen molar-refractivity contribution >= 4 is 27.5 Å². The van der Waals surface area contributed by atoms with Gasteiger partial charge in [-0.1, -0.05) is 0 Å². The first kappa shape index (κ1) is 16.7. The van der Waals surface area contributed by atoms with Crippen molar-refractivity contribution in [3.8, 4) is 0 Å². The van der Waals surface area contributed by atoms with Gasteiger partial charge in [0.1, 0.15) is 4.83 Å². The molecule has 0 unspecified atom stereocenters. The van der Waals surface area contributed by atoms with Gasteiger partial charge in [-0.15, -0.1) is 11.3 Å². The van der Waals surface area contributed by atoms with Crippen LogP contribution in [0.25, 0.3) is 10.2 Å². The second-order valence-electron chi connectivity index (χ2n) is 7.50. The van der Waals surface area contributed by atoms with Gasteiger partial charge in [0.25, 0.3) is 11.5 Å². The third-order valence-electron chi connectivity index (χ3n) is 5.86. The van der Waals surface area contributed by atoms with Crippen molar-refractivity contribution in [2.45, 2.75) is 51.1 Å². The summed E-state index contributed by atoms with van der Waals surface area (Å²) >= 11 is 1.35. The van der Waals surface area contributed by atoms with E-state index in [-0.39, 0.29) is 23.0 Å². The third-order valence-corrected chi connectivity index (χ3v) is 7.04. The van der Waals surface area contributed by atoms with E-state index in [0.717, 1.165) is 44.3 Å². The Morgan fingerprint density at radius 2 is 2.24 bits per heavy atom. The molecule has 134 valence electrons. The largest absolute Gasteiger partial charge is 0.333 e. The van der Waals surface area contributed by atoms with Crippen molar-refractivity contribution in [2.24, 2.45) is 7.05 Å². The van der Waals surface area contributed by atoms with Crippen LogP contribution in [0.2, 0.25) is 0 Å². The van der Waals surface area contributed by atoms with E-state index in [0.29, 0.717) is 15.1 Å². The summed E-state index contributed by atoms with van der Waals surface area (Å²) in [7, 11) is 1.69. The molecule has 25 heavy (non-hydrogen) atoms. The molecular weight excluding hydrogens is 336 g/mol. The van der Waals surface area contributed by atoms with Crippen molar-refractivity contribution < 1.29 is 4.79 Å². The molecule has 4 heterocycles. The highest BCUT2D eigenvalue weighted by Gasteiger charge is 2.44. The number of aryl methyl sites for hydroxylation is 2. The van der Waals surface area contributed by atoms with Crippen molar-refractivity contribution in [1.82, 2.24) is 19.8 Å². The van der Waals surface area contributed by atoms with Crippen molar-refractivity contribution in [3.63, 3.8) is 0 Å². The lowest BCUT2D eigenvalue weighted by Gasteiger charge is -2.51. The predicted octanol–water partition coefficient (Wildman–Crippen LogP) is 2.05. The van der Waals surface area contributed by atoms with Gasteiger partial charge in [0.2, 0.25) is 0 Å². The van der Waals surface area contributed by atoms with Crippen molar-refractivity contribution in [2.75, 3.05) is 13.1 Å². The molecule has 1 amide bonds. The summed E-state index contributed by atoms with van der Waals surface area (Å²) in [6, 6.07) is 0.225. The number of nitrogens with one attached hydrogen (secondary N) is 1. The first-order chi connectivity index (χ1) is 11.9. The number of hydrogen-bond acceptors (Lipinski definition) is 5. The highest BCUT2D eigenvalue weighted by molar-refractivity contribution is 7.20. The van der Waals surface area contributed by atoms with Gasteiger partial charge in [0, 0.05) is 25.2 Å².